The monoisotopic (exact) mass is 300 g/mol. The minimum atomic E-state index is 0.534. The Bertz CT molecular complexity index is 468. The van der Waals surface area contributed by atoms with Gasteiger partial charge in [0.15, 0.2) is 0 Å². The van der Waals surface area contributed by atoms with Gasteiger partial charge in [-0.1, -0.05) is 15.9 Å². The molecule has 0 fully saturated rings. The van der Waals surface area contributed by atoms with Crippen molar-refractivity contribution in [2.24, 2.45) is 0 Å². The second-order valence-corrected chi connectivity index (χ2v) is 4.37. The average Bonchev–Trinajstić information content (AvgIpc) is 2.12. The molecule has 0 amide bonds. The van der Waals surface area contributed by atoms with Gasteiger partial charge in [0.2, 0.25) is 0 Å². The molecule has 2 rings (SSSR count). The predicted octanol–water partition coefficient (Wildman–Crippen LogP) is 3.34. The zero-order valence-corrected chi connectivity index (χ0v) is 9.76. The van der Waals surface area contributed by atoms with E-state index in [1.807, 2.05) is 18.2 Å². The molecule has 2 nitrogen and oxygen atoms in total. The van der Waals surface area contributed by atoms with Crippen LogP contribution >= 0.6 is 31.9 Å². The van der Waals surface area contributed by atoms with Crippen LogP contribution in [0.15, 0.2) is 33.2 Å². The molecule has 2 N–H and O–H groups in total. The van der Waals surface area contributed by atoms with Gasteiger partial charge in [0.1, 0.15) is 5.82 Å². The van der Waals surface area contributed by atoms with E-state index in [-0.39, 0.29) is 0 Å². The lowest BCUT2D eigenvalue weighted by molar-refractivity contribution is 1.40. The number of pyridine rings is 1. The number of hydrogen-bond acceptors (Lipinski definition) is 2. The summed E-state index contributed by atoms with van der Waals surface area (Å²) in [5.74, 6) is 0.534. The van der Waals surface area contributed by atoms with E-state index in [0.29, 0.717) is 5.82 Å². The van der Waals surface area contributed by atoms with E-state index in [1.54, 1.807) is 6.07 Å². The van der Waals surface area contributed by atoms with Crippen LogP contribution in [-0.2, 0) is 0 Å². The van der Waals surface area contributed by atoms with E-state index < -0.39 is 0 Å². The Morgan fingerprint density at radius 2 is 1.69 bits per heavy atom. The van der Waals surface area contributed by atoms with E-state index in [1.165, 1.54) is 0 Å². The van der Waals surface area contributed by atoms with Gasteiger partial charge in [-0.3, -0.25) is 0 Å². The predicted molar refractivity (Wildman–Crippen MR) is 61.6 cm³/mol. The van der Waals surface area contributed by atoms with Crippen molar-refractivity contribution in [3.63, 3.8) is 0 Å². The maximum atomic E-state index is 5.60. The molecule has 0 aliphatic rings. The van der Waals surface area contributed by atoms with Gasteiger partial charge in [-0.25, -0.2) is 4.98 Å². The second kappa shape index (κ2) is 3.27. The molecule has 0 saturated heterocycles. The third-order valence-corrected chi connectivity index (χ3v) is 3.11. The van der Waals surface area contributed by atoms with Crippen molar-refractivity contribution < 1.29 is 0 Å². The summed E-state index contributed by atoms with van der Waals surface area (Å²) in [4.78, 5) is 4.24. The number of nitrogens with zero attached hydrogens (tertiary/aromatic N) is 1. The molecule has 1 aromatic carbocycles. The van der Waals surface area contributed by atoms with Crippen molar-refractivity contribution in [1.29, 1.82) is 0 Å². The molecule has 0 aliphatic heterocycles. The molecule has 0 spiro atoms. The lowest BCUT2D eigenvalue weighted by Crippen LogP contribution is -1.90. The topological polar surface area (TPSA) is 38.9 Å². The van der Waals surface area contributed by atoms with Crippen LogP contribution in [0.4, 0.5) is 5.82 Å². The minimum absolute atomic E-state index is 0.534. The maximum Gasteiger partial charge on any atom is 0.124 e. The Morgan fingerprint density at radius 1 is 1.00 bits per heavy atom. The molecule has 1 aromatic heterocycles. The van der Waals surface area contributed by atoms with Crippen molar-refractivity contribution in [1.82, 2.24) is 4.98 Å². The normalized spacial score (nSPS) is 10.6. The fourth-order valence-electron chi connectivity index (χ4n) is 1.16. The summed E-state index contributed by atoms with van der Waals surface area (Å²) in [6, 6.07) is 7.66. The number of fused-ring (bicyclic) bond motifs is 1. The highest BCUT2D eigenvalue weighted by Gasteiger charge is 2.03. The minimum Gasteiger partial charge on any atom is -0.384 e. The van der Waals surface area contributed by atoms with Crippen LogP contribution in [0.5, 0.6) is 0 Å². The van der Waals surface area contributed by atoms with E-state index in [2.05, 4.69) is 36.8 Å². The molecule has 0 atom stereocenters. The van der Waals surface area contributed by atoms with Crippen molar-refractivity contribution in [3.05, 3.63) is 33.2 Å². The number of halogens is 2. The first-order chi connectivity index (χ1) is 6.18. The summed E-state index contributed by atoms with van der Waals surface area (Å²) in [7, 11) is 0. The summed E-state index contributed by atoms with van der Waals surface area (Å²) >= 11 is 6.88. The number of anilines is 1. The van der Waals surface area contributed by atoms with Gasteiger partial charge in [-0.05, 0) is 40.2 Å². The lowest BCUT2D eigenvalue weighted by Gasteiger charge is -2.02. The number of aromatic nitrogens is 1. The third kappa shape index (κ3) is 1.56. The van der Waals surface area contributed by atoms with Crippen LogP contribution in [0.3, 0.4) is 0 Å². The second-order valence-electron chi connectivity index (χ2n) is 2.66. The standard InChI is InChI=1S/C9H6Br2N2/c10-6-2-3-7(11)9-5(6)1-4-8(12)13-9/h1-4H,(H2,12,13). The Labute approximate surface area is 92.4 Å². The van der Waals surface area contributed by atoms with Crippen LogP contribution in [0, 0.1) is 0 Å². The molecule has 0 saturated carbocycles. The molecule has 0 aliphatic carbocycles. The number of benzene rings is 1. The van der Waals surface area contributed by atoms with Gasteiger partial charge in [-0.15, -0.1) is 0 Å². The summed E-state index contributed by atoms with van der Waals surface area (Å²) in [5.41, 5.74) is 6.48. The van der Waals surface area contributed by atoms with Crippen molar-refractivity contribution >= 4 is 48.6 Å². The molecule has 0 radical (unpaired) electrons. The molecule has 0 bridgehead atoms. The van der Waals surface area contributed by atoms with Gasteiger partial charge in [0, 0.05) is 14.3 Å². The summed E-state index contributed by atoms with van der Waals surface area (Å²) in [5, 5.41) is 1.06. The first-order valence-electron chi connectivity index (χ1n) is 3.69. The molecule has 0 unspecified atom stereocenters. The highest BCUT2D eigenvalue weighted by molar-refractivity contribution is 9.11. The van der Waals surface area contributed by atoms with Gasteiger partial charge in [0.05, 0.1) is 5.52 Å². The van der Waals surface area contributed by atoms with Gasteiger partial charge >= 0.3 is 0 Å². The quantitative estimate of drug-likeness (QED) is 0.810. The zero-order valence-electron chi connectivity index (χ0n) is 6.59. The Balaban J connectivity index is 2.92. The molecule has 13 heavy (non-hydrogen) atoms. The van der Waals surface area contributed by atoms with Crippen molar-refractivity contribution in [2.45, 2.75) is 0 Å². The van der Waals surface area contributed by atoms with Crippen LogP contribution in [-0.4, -0.2) is 4.98 Å². The number of nitrogen functional groups attached to an aromatic ring is 1. The van der Waals surface area contributed by atoms with Gasteiger partial charge in [-0.2, -0.15) is 0 Å². The lowest BCUT2D eigenvalue weighted by atomic mass is 10.2. The van der Waals surface area contributed by atoms with Gasteiger partial charge < -0.3 is 5.73 Å². The van der Waals surface area contributed by atoms with Crippen molar-refractivity contribution in [3.8, 4) is 0 Å². The van der Waals surface area contributed by atoms with Crippen LogP contribution < -0.4 is 5.73 Å². The van der Waals surface area contributed by atoms with E-state index >= 15 is 0 Å². The fraction of sp³-hybridized carbons (Fsp3) is 0. The largest absolute Gasteiger partial charge is 0.384 e. The highest BCUT2D eigenvalue weighted by atomic mass is 79.9. The van der Waals surface area contributed by atoms with Gasteiger partial charge in [0.25, 0.3) is 0 Å². The number of rotatable bonds is 0. The molecule has 1 heterocycles. The fourth-order valence-corrected chi connectivity index (χ4v) is 2.05. The smallest absolute Gasteiger partial charge is 0.124 e. The molecular formula is C9H6Br2N2. The summed E-state index contributed by atoms with van der Waals surface area (Å²) in [6.45, 7) is 0. The summed E-state index contributed by atoms with van der Waals surface area (Å²) in [6.07, 6.45) is 0. The van der Waals surface area contributed by atoms with Crippen molar-refractivity contribution in [2.75, 3.05) is 5.73 Å². The van der Waals surface area contributed by atoms with Crippen LogP contribution in [0.25, 0.3) is 10.9 Å². The molecular weight excluding hydrogens is 296 g/mol. The summed E-state index contributed by atoms with van der Waals surface area (Å²) < 4.78 is 1.98. The first kappa shape index (κ1) is 8.97. The zero-order chi connectivity index (χ0) is 9.42. The van der Waals surface area contributed by atoms with E-state index in [9.17, 15) is 0 Å². The first-order valence-corrected chi connectivity index (χ1v) is 5.27. The third-order valence-electron chi connectivity index (χ3n) is 1.78. The maximum absolute atomic E-state index is 5.60. The number of hydrogen-bond donors (Lipinski definition) is 1. The van der Waals surface area contributed by atoms with E-state index in [4.69, 9.17) is 5.73 Å². The van der Waals surface area contributed by atoms with Crippen LogP contribution in [0.1, 0.15) is 0 Å². The molecule has 4 heteroatoms. The van der Waals surface area contributed by atoms with E-state index in [0.717, 1.165) is 19.8 Å². The van der Waals surface area contributed by atoms with Crippen LogP contribution in [0.2, 0.25) is 0 Å². The SMILES string of the molecule is Nc1ccc2c(Br)ccc(Br)c2n1. The average molecular weight is 302 g/mol. The highest BCUT2D eigenvalue weighted by Crippen LogP contribution is 2.29. The Kier molecular flexibility index (Phi) is 2.26. The Morgan fingerprint density at radius 3 is 2.46 bits per heavy atom. The molecule has 66 valence electrons. The number of nitrogens with two attached hydrogens (primary N) is 1. The molecule has 2 aromatic rings. The Hall–Kier alpha value is -0.610.